The summed E-state index contributed by atoms with van der Waals surface area (Å²) in [6.07, 6.45) is 1.56. The Labute approximate surface area is 137 Å². The molecule has 0 radical (unpaired) electrons. The van der Waals surface area contributed by atoms with Crippen molar-refractivity contribution in [1.82, 2.24) is 15.8 Å². The Morgan fingerprint density at radius 2 is 1.91 bits per heavy atom. The van der Waals surface area contributed by atoms with Crippen LogP contribution in [0.25, 0.3) is 0 Å². The smallest absolute Gasteiger partial charge is 0.286 e. The number of halogens is 2. The summed E-state index contributed by atoms with van der Waals surface area (Å²) in [7, 11) is 0. The fourth-order valence-corrected chi connectivity index (χ4v) is 2.15. The van der Waals surface area contributed by atoms with E-state index in [1.165, 1.54) is 12.1 Å². The molecule has 22 heavy (non-hydrogen) atoms. The van der Waals surface area contributed by atoms with E-state index in [1.807, 2.05) is 0 Å². The number of H-pyrrole nitrogens is 1. The number of hydrogen-bond acceptors (Lipinski definition) is 4. The molecule has 2 amide bonds. The molecule has 0 atom stereocenters. The molecule has 0 saturated carbocycles. The predicted octanol–water partition coefficient (Wildman–Crippen LogP) is 2.41. The van der Waals surface area contributed by atoms with Gasteiger partial charge in [-0.15, -0.1) is 0 Å². The molecule has 0 aliphatic carbocycles. The van der Waals surface area contributed by atoms with E-state index >= 15 is 0 Å². The summed E-state index contributed by atoms with van der Waals surface area (Å²) in [4.78, 5) is 36.3. The summed E-state index contributed by atoms with van der Waals surface area (Å²) in [5.74, 6) is -1.25. The van der Waals surface area contributed by atoms with Gasteiger partial charge in [0.15, 0.2) is 0 Å². The van der Waals surface area contributed by atoms with Gasteiger partial charge < -0.3 is 4.98 Å². The fraction of sp³-hybridized carbons (Fsp3) is 0. The molecule has 0 unspecified atom stereocenters. The first kappa shape index (κ1) is 16.0. The highest BCUT2D eigenvalue weighted by Crippen LogP contribution is 2.22. The van der Waals surface area contributed by atoms with Crippen molar-refractivity contribution in [3.05, 3.63) is 61.3 Å². The van der Waals surface area contributed by atoms with E-state index in [1.54, 1.807) is 6.20 Å². The monoisotopic (exact) mass is 386 g/mol. The van der Waals surface area contributed by atoms with Crippen molar-refractivity contribution in [3.63, 3.8) is 0 Å². The minimum absolute atomic E-state index is 0.000216. The van der Waals surface area contributed by atoms with E-state index in [9.17, 15) is 19.7 Å². The summed E-state index contributed by atoms with van der Waals surface area (Å²) >= 11 is 8.99. The second kappa shape index (κ2) is 6.58. The van der Waals surface area contributed by atoms with Crippen LogP contribution in [0, 0.1) is 10.1 Å². The third kappa shape index (κ3) is 3.62. The molecular formula is C12H8BrClN4O4. The van der Waals surface area contributed by atoms with Crippen molar-refractivity contribution in [2.75, 3.05) is 0 Å². The number of hydrogen-bond donors (Lipinski definition) is 3. The van der Waals surface area contributed by atoms with Crippen LogP contribution in [0.3, 0.4) is 0 Å². The number of aromatic nitrogens is 1. The lowest BCUT2D eigenvalue weighted by molar-refractivity contribution is -0.384. The van der Waals surface area contributed by atoms with Gasteiger partial charge in [0, 0.05) is 22.8 Å². The van der Waals surface area contributed by atoms with Gasteiger partial charge >= 0.3 is 0 Å². The van der Waals surface area contributed by atoms with E-state index in [2.05, 4.69) is 31.8 Å². The average molecular weight is 388 g/mol. The largest absolute Gasteiger partial charge is 0.356 e. The second-order valence-corrected chi connectivity index (χ2v) is 5.38. The molecule has 8 nitrogen and oxygen atoms in total. The van der Waals surface area contributed by atoms with Crippen LogP contribution >= 0.6 is 27.5 Å². The summed E-state index contributed by atoms with van der Waals surface area (Å²) in [6.45, 7) is 0. The van der Waals surface area contributed by atoms with Crippen LogP contribution in [0.15, 0.2) is 34.9 Å². The molecule has 1 aromatic carbocycles. The molecule has 10 heteroatoms. The number of nitrogens with zero attached hydrogens (tertiary/aromatic N) is 1. The SMILES string of the molecule is O=C(NNC(=O)c1ccc([N+](=O)[O-])cc1Cl)c1cc(Br)c[nH]1. The summed E-state index contributed by atoms with van der Waals surface area (Å²) in [5.41, 5.74) is 4.36. The van der Waals surface area contributed by atoms with Crippen molar-refractivity contribution < 1.29 is 14.5 Å². The van der Waals surface area contributed by atoms with Crippen LogP contribution in [-0.4, -0.2) is 21.7 Å². The molecule has 1 aromatic heterocycles. The number of non-ortho nitro benzene ring substituents is 1. The Bertz CT molecular complexity index is 761. The molecule has 0 fully saturated rings. The zero-order chi connectivity index (χ0) is 16.3. The van der Waals surface area contributed by atoms with Crippen LogP contribution < -0.4 is 10.9 Å². The summed E-state index contributed by atoms with van der Waals surface area (Å²) in [6, 6.07) is 4.93. The highest BCUT2D eigenvalue weighted by atomic mass is 79.9. The van der Waals surface area contributed by atoms with Gasteiger partial charge in [0.1, 0.15) is 5.69 Å². The molecular weight excluding hydrogens is 380 g/mol. The minimum atomic E-state index is -0.695. The lowest BCUT2D eigenvalue weighted by Gasteiger charge is -2.07. The lowest BCUT2D eigenvalue weighted by Crippen LogP contribution is -2.41. The number of amides is 2. The standard InChI is InChI=1S/C12H8BrClN4O4/c13-6-3-10(15-5-6)12(20)17-16-11(19)8-2-1-7(18(21)22)4-9(8)14/h1-5,15H,(H,16,19)(H,17,20). The maximum atomic E-state index is 11.9. The number of nitro benzene ring substituents is 1. The van der Waals surface area contributed by atoms with E-state index in [0.717, 1.165) is 12.1 Å². The van der Waals surface area contributed by atoms with E-state index in [4.69, 9.17) is 11.6 Å². The first-order chi connectivity index (χ1) is 10.4. The normalized spacial score (nSPS) is 10.1. The zero-order valence-electron chi connectivity index (χ0n) is 10.7. The molecule has 2 aromatic rings. The second-order valence-electron chi connectivity index (χ2n) is 4.06. The van der Waals surface area contributed by atoms with Crippen molar-refractivity contribution in [2.24, 2.45) is 0 Å². The van der Waals surface area contributed by atoms with Gasteiger partial charge in [-0.3, -0.25) is 30.6 Å². The Morgan fingerprint density at radius 3 is 2.45 bits per heavy atom. The number of carbonyl (C=O) groups is 2. The van der Waals surface area contributed by atoms with E-state index in [-0.39, 0.29) is 22.0 Å². The number of nitro groups is 1. The maximum Gasteiger partial charge on any atom is 0.286 e. The van der Waals surface area contributed by atoms with Crippen LogP contribution in [0.2, 0.25) is 5.02 Å². The molecule has 3 N–H and O–H groups in total. The molecule has 1 heterocycles. The van der Waals surface area contributed by atoms with Gasteiger partial charge in [0.25, 0.3) is 17.5 Å². The zero-order valence-corrected chi connectivity index (χ0v) is 13.1. The Hall–Kier alpha value is -2.39. The highest BCUT2D eigenvalue weighted by Gasteiger charge is 2.16. The van der Waals surface area contributed by atoms with Crippen LogP contribution in [0.5, 0.6) is 0 Å². The first-order valence-electron chi connectivity index (χ1n) is 5.77. The molecule has 114 valence electrons. The lowest BCUT2D eigenvalue weighted by atomic mass is 10.2. The van der Waals surface area contributed by atoms with Gasteiger partial charge in [0.05, 0.1) is 15.5 Å². The van der Waals surface area contributed by atoms with Crippen molar-refractivity contribution in [3.8, 4) is 0 Å². The van der Waals surface area contributed by atoms with Gasteiger partial charge in [-0.2, -0.15) is 0 Å². The maximum absolute atomic E-state index is 11.9. The van der Waals surface area contributed by atoms with E-state index in [0.29, 0.717) is 4.47 Å². The summed E-state index contributed by atoms with van der Waals surface area (Å²) in [5, 5.41) is 10.5. The van der Waals surface area contributed by atoms with E-state index < -0.39 is 16.7 Å². The van der Waals surface area contributed by atoms with Gasteiger partial charge in [-0.1, -0.05) is 11.6 Å². The van der Waals surface area contributed by atoms with Crippen LogP contribution in [0.1, 0.15) is 20.8 Å². The molecule has 0 aliphatic heterocycles. The topological polar surface area (TPSA) is 117 Å². The van der Waals surface area contributed by atoms with Crippen LogP contribution in [0.4, 0.5) is 5.69 Å². The third-order valence-corrected chi connectivity index (χ3v) is 3.36. The summed E-state index contributed by atoms with van der Waals surface area (Å²) < 4.78 is 0.683. The number of carbonyl (C=O) groups excluding carboxylic acids is 2. The number of aromatic amines is 1. The first-order valence-corrected chi connectivity index (χ1v) is 6.94. The average Bonchev–Trinajstić information content (AvgIpc) is 2.90. The molecule has 2 rings (SSSR count). The highest BCUT2D eigenvalue weighted by molar-refractivity contribution is 9.10. The number of nitrogens with one attached hydrogen (secondary N) is 3. The Kier molecular flexibility index (Phi) is 4.78. The Balaban J connectivity index is 2.03. The third-order valence-electron chi connectivity index (χ3n) is 2.59. The Morgan fingerprint density at radius 1 is 1.23 bits per heavy atom. The minimum Gasteiger partial charge on any atom is -0.356 e. The molecule has 0 aliphatic rings. The number of benzene rings is 1. The molecule has 0 spiro atoms. The fourth-order valence-electron chi connectivity index (χ4n) is 1.55. The van der Waals surface area contributed by atoms with Gasteiger partial charge in [-0.05, 0) is 28.1 Å². The number of hydrazine groups is 1. The predicted molar refractivity (Wildman–Crippen MR) is 81.5 cm³/mol. The molecule has 0 bridgehead atoms. The van der Waals surface area contributed by atoms with Crippen molar-refractivity contribution in [1.29, 1.82) is 0 Å². The quantitative estimate of drug-likeness (QED) is 0.554. The van der Waals surface area contributed by atoms with Crippen LogP contribution in [-0.2, 0) is 0 Å². The van der Waals surface area contributed by atoms with Gasteiger partial charge in [0.2, 0.25) is 0 Å². The van der Waals surface area contributed by atoms with Crippen molar-refractivity contribution in [2.45, 2.75) is 0 Å². The van der Waals surface area contributed by atoms with Gasteiger partial charge in [-0.25, -0.2) is 0 Å². The molecule has 0 saturated heterocycles. The number of rotatable bonds is 3. The van der Waals surface area contributed by atoms with Crippen molar-refractivity contribution >= 4 is 45.0 Å².